The van der Waals surface area contributed by atoms with Gasteiger partial charge in [-0.2, -0.15) is 18.4 Å². The van der Waals surface area contributed by atoms with Gasteiger partial charge in [0.15, 0.2) is 5.11 Å². The van der Waals surface area contributed by atoms with Gasteiger partial charge in [0.2, 0.25) is 0 Å². The molecule has 1 aromatic heterocycles. The van der Waals surface area contributed by atoms with Crippen molar-refractivity contribution in [3.63, 3.8) is 0 Å². The normalized spacial score (nSPS) is 15.6. The van der Waals surface area contributed by atoms with E-state index in [1.165, 1.54) is 28.7 Å². The highest BCUT2D eigenvalue weighted by molar-refractivity contribution is 7.81. The molecule has 0 atom stereocenters. The molecule has 1 fully saturated rings. The number of halogens is 3. The summed E-state index contributed by atoms with van der Waals surface area (Å²) in [6, 6.07) is 11.4. The van der Waals surface area contributed by atoms with E-state index in [1.807, 2.05) is 0 Å². The standard InChI is InChI=1S/C25H21F3N4O3S/c1-24(2)22(34)31(17-6-5-16(14-29)20(13-17)25(26,27)28)23(36)32(24)18-7-4-15-8-9-30(10-11-35-3)21(33)19(15)12-18/h4-9,12-13H,10-11H2,1-3H3. The molecule has 1 amide bonds. The minimum atomic E-state index is -4.79. The van der Waals surface area contributed by atoms with Crippen molar-refractivity contribution in [2.45, 2.75) is 32.1 Å². The molecule has 0 bridgehead atoms. The molecule has 2 heterocycles. The maximum Gasteiger partial charge on any atom is 0.417 e. The molecular formula is C25H21F3N4O3S. The van der Waals surface area contributed by atoms with Gasteiger partial charge in [-0.15, -0.1) is 0 Å². The lowest BCUT2D eigenvalue weighted by Gasteiger charge is -2.29. The van der Waals surface area contributed by atoms with Gasteiger partial charge >= 0.3 is 6.18 Å². The van der Waals surface area contributed by atoms with Crippen molar-refractivity contribution in [1.82, 2.24) is 4.57 Å². The molecule has 0 radical (unpaired) electrons. The van der Waals surface area contributed by atoms with E-state index in [0.29, 0.717) is 29.6 Å². The maximum atomic E-state index is 13.5. The summed E-state index contributed by atoms with van der Waals surface area (Å²) in [6.07, 6.45) is -3.12. The van der Waals surface area contributed by atoms with Gasteiger partial charge in [-0.05, 0) is 67.8 Å². The highest BCUT2D eigenvalue weighted by Crippen LogP contribution is 2.40. The molecule has 2 aromatic carbocycles. The highest BCUT2D eigenvalue weighted by atomic mass is 32.1. The van der Waals surface area contributed by atoms with Crippen LogP contribution in [0.1, 0.15) is 25.0 Å². The molecule has 4 rings (SSSR count). The quantitative estimate of drug-likeness (QED) is 0.468. The van der Waals surface area contributed by atoms with Crippen LogP contribution in [-0.2, 0) is 22.3 Å². The fourth-order valence-corrected chi connectivity index (χ4v) is 4.75. The number of anilines is 2. The number of carbonyl (C=O) groups excluding carboxylic acids is 1. The third-order valence-corrected chi connectivity index (χ3v) is 6.48. The first-order chi connectivity index (χ1) is 16.9. The molecule has 0 N–H and O–H groups in total. The van der Waals surface area contributed by atoms with Crippen molar-refractivity contribution in [2.75, 3.05) is 23.5 Å². The molecule has 0 aliphatic carbocycles. The first-order valence-corrected chi connectivity index (χ1v) is 11.2. The summed E-state index contributed by atoms with van der Waals surface area (Å²) in [4.78, 5) is 29.0. The van der Waals surface area contributed by atoms with E-state index in [4.69, 9.17) is 22.2 Å². The number of ether oxygens (including phenoxy) is 1. The number of hydrogen-bond donors (Lipinski definition) is 0. The second-order valence-electron chi connectivity index (χ2n) is 8.74. The number of amides is 1. The predicted molar refractivity (Wildman–Crippen MR) is 133 cm³/mol. The summed E-state index contributed by atoms with van der Waals surface area (Å²) in [6.45, 7) is 3.90. The fraction of sp³-hybridized carbons (Fsp3) is 0.280. The third kappa shape index (κ3) is 4.12. The molecule has 1 saturated heterocycles. The second kappa shape index (κ2) is 9.04. The van der Waals surface area contributed by atoms with E-state index < -0.39 is 28.7 Å². The molecule has 0 saturated carbocycles. The molecule has 3 aromatic rings. The zero-order chi connectivity index (χ0) is 26.4. The number of methoxy groups -OCH3 is 1. The van der Waals surface area contributed by atoms with Gasteiger partial charge in [0.25, 0.3) is 11.5 Å². The van der Waals surface area contributed by atoms with Crippen molar-refractivity contribution in [3.8, 4) is 6.07 Å². The molecular weight excluding hydrogens is 493 g/mol. The number of fused-ring (bicyclic) bond motifs is 1. The minimum Gasteiger partial charge on any atom is -0.383 e. The first-order valence-electron chi connectivity index (χ1n) is 10.8. The Kier molecular flexibility index (Phi) is 6.36. The van der Waals surface area contributed by atoms with Gasteiger partial charge in [-0.25, -0.2) is 0 Å². The largest absolute Gasteiger partial charge is 0.417 e. The lowest BCUT2D eigenvalue weighted by atomic mass is 10.0. The van der Waals surface area contributed by atoms with Crippen molar-refractivity contribution < 1.29 is 22.7 Å². The van der Waals surface area contributed by atoms with Gasteiger partial charge in [0.1, 0.15) is 5.54 Å². The Labute approximate surface area is 209 Å². The average Bonchev–Trinajstić information content (AvgIpc) is 3.01. The smallest absolute Gasteiger partial charge is 0.383 e. The number of hydrogen-bond acceptors (Lipinski definition) is 5. The summed E-state index contributed by atoms with van der Waals surface area (Å²) < 4.78 is 47.2. The van der Waals surface area contributed by atoms with Gasteiger partial charge in [-0.1, -0.05) is 6.07 Å². The van der Waals surface area contributed by atoms with Crippen LogP contribution in [0.5, 0.6) is 0 Å². The number of pyridine rings is 1. The number of carbonyl (C=O) groups is 1. The molecule has 11 heteroatoms. The van der Waals surface area contributed by atoms with E-state index in [-0.39, 0.29) is 16.4 Å². The first kappa shape index (κ1) is 25.3. The Bertz CT molecular complexity index is 1490. The van der Waals surface area contributed by atoms with Crippen LogP contribution in [-0.4, -0.2) is 34.8 Å². The topological polar surface area (TPSA) is 78.6 Å². The zero-order valence-electron chi connectivity index (χ0n) is 19.6. The molecule has 0 spiro atoms. The molecule has 1 aliphatic rings. The molecule has 7 nitrogen and oxygen atoms in total. The van der Waals surface area contributed by atoms with Gasteiger partial charge < -0.3 is 14.2 Å². The van der Waals surface area contributed by atoms with Crippen LogP contribution in [0.2, 0.25) is 0 Å². The summed E-state index contributed by atoms with van der Waals surface area (Å²) in [5.41, 5.74) is -2.88. The zero-order valence-corrected chi connectivity index (χ0v) is 20.4. The van der Waals surface area contributed by atoms with Crippen molar-refractivity contribution in [2.24, 2.45) is 0 Å². The Morgan fingerprint density at radius 1 is 1.08 bits per heavy atom. The van der Waals surface area contributed by atoms with Gasteiger partial charge in [0.05, 0.1) is 29.5 Å². The number of alkyl halides is 3. The van der Waals surface area contributed by atoms with E-state index >= 15 is 0 Å². The summed E-state index contributed by atoms with van der Waals surface area (Å²) >= 11 is 5.57. The van der Waals surface area contributed by atoms with E-state index in [2.05, 4.69) is 0 Å². The van der Waals surface area contributed by atoms with Gasteiger partial charge in [-0.3, -0.25) is 14.5 Å². The van der Waals surface area contributed by atoms with Crippen LogP contribution in [0.3, 0.4) is 0 Å². The van der Waals surface area contributed by atoms with Crippen LogP contribution in [0.4, 0.5) is 24.5 Å². The lowest BCUT2D eigenvalue weighted by Crippen LogP contribution is -2.44. The Balaban J connectivity index is 1.81. The number of aromatic nitrogens is 1. The Hall–Kier alpha value is -3.75. The number of nitriles is 1. The third-order valence-electron chi connectivity index (χ3n) is 6.11. The summed E-state index contributed by atoms with van der Waals surface area (Å²) in [5.74, 6) is -0.545. The number of thiocarbonyl (C=S) groups is 1. The summed E-state index contributed by atoms with van der Waals surface area (Å²) in [7, 11) is 1.54. The lowest BCUT2D eigenvalue weighted by molar-refractivity contribution is -0.137. The van der Waals surface area contributed by atoms with Crippen LogP contribution in [0.25, 0.3) is 10.8 Å². The monoisotopic (exact) mass is 514 g/mol. The van der Waals surface area contributed by atoms with Gasteiger partial charge in [0, 0.05) is 30.9 Å². The molecule has 0 unspecified atom stereocenters. The highest BCUT2D eigenvalue weighted by Gasteiger charge is 2.50. The second-order valence-corrected chi connectivity index (χ2v) is 9.10. The number of rotatable bonds is 5. The molecule has 36 heavy (non-hydrogen) atoms. The van der Waals surface area contributed by atoms with Crippen LogP contribution < -0.4 is 15.4 Å². The Morgan fingerprint density at radius 2 is 1.78 bits per heavy atom. The van der Waals surface area contributed by atoms with Crippen LogP contribution >= 0.6 is 12.2 Å². The molecule has 1 aliphatic heterocycles. The van der Waals surface area contributed by atoms with Crippen molar-refractivity contribution in [1.29, 1.82) is 5.26 Å². The van der Waals surface area contributed by atoms with E-state index in [0.717, 1.165) is 17.0 Å². The van der Waals surface area contributed by atoms with Crippen molar-refractivity contribution >= 4 is 45.4 Å². The van der Waals surface area contributed by atoms with E-state index in [9.17, 15) is 22.8 Å². The maximum absolute atomic E-state index is 13.5. The minimum absolute atomic E-state index is 0.0437. The van der Waals surface area contributed by atoms with Crippen LogP contribution in [0, 0.1) is 11.3 Å². The van der Waals surface area contributed by atoms with Crippen molar-refractivity contribution in [3.05, 3.63) is 70.1 Å². The van der Waals surface area contributed by atoms with E-state index in [1.54, 1.807) is 44.3 Å². The average molecular weight is 515 g/mol. The number of benzene rings is 2. The summed E-state index contributed by atoms with van der Waals surface area (Å²) in [5, 5.41) is 10.1. The fourth-order valence-electron chi connectivity index (χ4n) is 4.23. The SMILES string of the molecule is COCCn1ccc2ccc(N3C(=S)N(c4ccc(C#N)c(C(F)(F)F)c4)C(=O)C3(C)C)cc2c1=O. The van der Waals surface area contributed by atoms with Crippen LogP contribution in [0.15, 0.2) is 53.5 Å². The number of nitrogens with zero attached hydrogens (tertiary/aromatic N) is 4. The molecule has 186 valence electrons. The Morgan fingerprint density at radius 3 is 2.42 bits per heavy atom. The predicted octanol–water partition coefficient (Wildman–Crippen LogP) is 4.46.